The first kappa shape index (κ1) is 17.5. The first-order valence-corrected chi connectivity index (χ1v) is 7.11. The van der Waals surface area contributed by atoms with Gasteiger partial charge in [-0.15, -0.1) is 0 Å². The Morgan fingerprint density at radius 1 is 1.52 bits per heavy atom. The summed E-state index contributed by atoms with van der Waals surface area (Å²) in [5.74, 6) is -0.0602. The second kappa shape index (κ2) is 8.63. The number of rotatable bonds is 8. The zero-order valence-electron chi connectivity index (χ0n) is 12.5. The molecule has 0 saturated heterocycles. The van der Waals surface area contributed by atoms with Gasteiger partial charge in [0.2, 0.25) is 5.91 Å². The molecule has 0 fully saturated rings. The van der Waals surface area contributed by atoms with Gasteiger partial charge in [-0.25, -0.2) is 4.68 Å². The van der Waals surface area contributed by atoms with Gasteiger partial charge in [0.1, 0.15) is 5.02 Å². The number of methoxy groups -OCH3 is 1. The highest BCUT2D eigenvalue weighted by atomic mass is 35.5. The third kappa shape index (κ3) is 5.73. The minimum absolute atomic E-state index is 0.0602. The van der Waals surface area contributed by atoms with Crippen LogP contribution in [0.4, 0.5) is 5.69 Å². The molecule has 1 aromatic heterocycles. The van der Waals surface area contributed by atoms with Crippen molar-refractivity contribution >= 4 is 23.2 Å². The van der Waals surface area contributed by atoms with Crippen LogP contribution in [0.3, 0.4) is 0 Å². The molecule has 0 radical (unpaired) electrons. The van der Waals surface area contributed by atoms with Gasteiger partial charge in [-0.3, -0.25) is 9.59 Å². The topological polar surface area (TPSA) is 85.2 Å². The summed E-state index contributed by atoms with van der Waals surface area (Å²) in [5.41, 5.74) is 0.0398. The lowest BCUT2D eigenvalue weighted by atomic mass is 10.3. The number of anilines is 1. The second-order valence-corrected chi connectivity index (χ2v) is 5.17. The molecule has 0 atom stereocenters. The molecule has 0 aliphatic carbocycles. The normalized spacial score (nSPS) is 10.7. The minimum Gasteiger partial charge on any atom is -0.383 e. The Kier molecular flexibility index (Phi) is 7.18. The summed E-state index contributed by atoms with van der Waals surface area (Å²) in [6.07, 6.45) is 1.76. The molecular weight excluding hydrogens is 296 g/mol. The second-order valence-electron chi connectivity index (χ2n) is 4.79. The number of halogens is 1. The molecule has 2 N–H and O–H groups in total. The van der Waals surface area contributed by atoms with Crippen LogP contribution in [0.5, 0.6) is 0 Å². The molecule has 118 valence electrons. The molecule has 1 heterocycles. The summed E-state index contributed by atoms with van der Waals surface area (Å²) < 4.78 is 6.13. The number of hydrogen-bond donors (Lipinski definition) is 2. The summed E-state index contributed by atoms with van der Waals surface area (Å²) in [4.78, 5) is 23.4. The van der Waals surface area contributed by atoms with Crippen molar-refractivity contribution in [1.29, 1.82) is 0 Å². The third-order valence-corrected chi connectivity index (χ3v) is 2.97. The van der Waals surface area contributed by atoms with E-state index in [-0.39, 0.29) is 22.5 Å². The lowest BCUT2D eigenvalue weighted by Gasteiger charge is -2.11. The number of amides is 1. The Bertz CT molecular complexity index is 531. The first-order valence-electron chi connectivity index (χ1n) is 6.73. The van der Waals surface area contributed by atoms with Crippen molar-refractivity contribution in [3.63, 3.8) is 0 Å². The van der Waals surface area contributed by atoms with Crippen molar-refractivity contribution in [3.8, 4) is 0 Å². The van der Waals surface area contributed by atoms with E-state index in [2.05, 4.69) is 15.7 Å². The van der Waals surface area contributed by atoms with Gasteiger partial charge in [0.25, 0.3) is 5.56 Å². The molecule has 0 saturated carbocycles. The lowest BCUT2D eigenvalue weighted by Crippen LogP contribution is -2.31. The number of carbonyl (C=O) groups excluding carboxylic acids is 1. The fourth-order valence-electron chi connectivity index (χ4n) is 1.63. The van der Waals surface area contributed by atoms with Gasteiger partial charge in [-0.1, -0.05) is 11.6 Å². The molecule has 8 heteroatoms. The fourth-order valence-corrected chi connectivity index (χ4v) is 1.84. The largest absolute Gasteiger partial charge is 0.383 e. The number of nitrogens with zero attached hydrogens (tertiary/aromatic N) is 2. The van der Waals surface area contributed by atoms with Crippen LogP contribution in [0.2, 0.25) is 5.02 Å². The van der Waals surface area contributed by atoms with E-state index in [1.54, 1.807) is 7.11 Å². The van der Waals surface area contributed by atoms with Gasteiger partial charge in [0.05, 0.1) is 25.0 Å². The molecule has 0 unspecified atom stereocenters. The Morgan fingerprint density at radius 2 is 2.24 bits per heavy atom. The van der Waals surface area contributed by atoms with Crippen molar-refractivity contribution in [3.05, 3.63) is 21.6 Å². The van der Waals surface area contributed by atoms with Crippen molar-refractivity contribution in [2.45, 2.75) is 32.9 Å². The monoisotopic (exact) mass is 316 g/mol. The van der Waals surface area contributed by atoms with Crippen LogP contribution in [0.15, 0.2) is 11.0 Å². The van der Waals surface area contributed by atoms with E-state index in [1.807, 2.05) is 13.8 Å². The molecule has 21 heavy (non-hydrogen) atoms. The van der Waals surface area contributed by atoms with Crippen molar-refractivity contribution in [1.82, 2.24) is 15.1 Å². The molecule has 0 aromatic carbocycles. The van der Waals surface area contributed by atoms with Gasteiger partial charge in [0, 0.05) is 26.1 Å². The maximum atomic E-state index is 11.9. The summed E-state index contributed by atoms with van der Waals surface area (Å²) in [5, 5.41) is 9.78. The number of carbonyl (C=O) groups is 1. The van der Waals surface area contributed by atoms with Crippen LogP contribution in [-0.2, 0) is 16.1 Å². The van der Waals surface area contributed by atoms with Crippen molar-refractivity contribution in [2.24, 2.45) is 0 Å². The van der Waals surface area contributed by atoms with Crippen molar-refractivity contribution in [2.75, 3.05) is 25.6 Å². The number of nitrogens with one attached hydrogen (secondary N) is 2. The van der Waals surface area contributed by atoms with E-state index in [0.29, 0.717) is 31.8 Å². The summed E-state index contributed by atoms with van der Waals surface area (Å²) in [6, 6.07) is 0.104. The fraction of sp³-hybridized carbons (Fsp3) is 0.615. The first-order chi connectivity index (χ1) is 9.95. The highest BCUT2D eigenvalue weighted by Crippen LogP contribution is 2.14. The SMILES string of the molecule is COCCn1ncc(NCCC(=O)NC(C)C)c(Cl)c1=O. The van der Waals surface area contributed by atoms with Crippen molar-refractivity contribution < 1.29 is 9.53 Å². The molecule has 1 aromatic rings. The molecular formula is C13H21ClN4O3. The van der Waals surface area contributed by atoms with E-state index in [9.17, 15) is 9.59 Å². The average molecular weight is 317 g/mol. The van der Waals surface area contributed by atoms with Gasteiger partial charge in [-0.05, 0) is 13.8 Å². The van der Waals surface area contributed by atoms with E-state index < -0.39 is 0 Å². The Balaban J connectivity index is 2.58. The zero-order valence-corrected chi connectivity index (χ0v) is 13.2. The molecule has 1 rings (SSSR count). The Labute approximate surface area is 128 Å². The molecule has 0 aliphatic heterocycles. The molecule has 7 nitrogen and oxygen atoms in total. The Morgan fingerprint density at radius 3 is 2.86 bits per heavy atom. The molecule has 1 amide bonds. The minimum atomic E-state index is -0.384. The molecule has 0 spiro atoms. The van der Waals surface area contributed by atoms with Crippen LogP contribution < -0.4 is 16.2 Å². The number of hydrogen-bond acceptors (Lipinski definition) is 5. The summed E-state index contributed by atoms with van der Waals surface area (Å²) in [6.45, 7) is 4.89. The zero-order chi connectivity index (χ0) is 15.8. The maximum Gasteiger partial charge on any atom is 0.287 e. The van der Waals surface area contributed by atoms with Crippen LogP contribution in [0.1, 0.15) is 20.3 Å². The Hall–Kier alpha value is -1.60. The van der Waals surface area contributed by atoms with Gasteiger partial charge in [-0.2, -0.15) is 5.10 Å². The van der Waals surface area contributed by atoms with E-state index in [1.165, 1.54) is 10.9 Å². The predicted molar refractivity (Wildman–Crippen MR) is 81.8 cm³/mol. The number of ether oxygens (including phenoxy) is 1. The van der Waals surface area contributed by atoms with E-state index in [0.717, 1.165) is 0 Å². The highest BCUT2D eigenvalue weighted by molar-refractivity contribution is 6.32. The average Bonchev–Trinajstić information content (AvgIpc) is 2.42. The maximum absolute atomic E-state index is 11.9. The highest BCUT2D eigenvalue weighted by Gasteiger charge is 2.09. The summed E-state index contributed by atoms with van der Waals surface area (Å²) in [7, 11) is 1.55. The summed E-state index contributed by atoms with van der Waals surface area (Å²) >= 11 is 6.00. The van der Waals surface area contributed by atoms with E-state index >= 15 is 0 Å². The van der Waals surface area contributed by atoms with Crippen LogP contribution in [0, 0.1) is 0 Å². The van der Waals surface area contributed by atoms with Gasteiger partial charge in [0.15, 0.2) is 0 Å². The van der Waals surface area contributed by atoms with Crippen LogP contribution in [-0.4, -0.2) is 42.0 Å². The van der Waals surface area contributed by atoms with E-state index in [4.69, 9.17) is 16.3 Å². The van der Waals surface area contributed by atoms with Gasteiger partial charge < -0.3 is 15.4 Å². The third-order valence-electron chi connectivity index (χ3n) is 2.61. The van der Waals surface area contributed by atoms with Gasteiger partial charge >= 0.3 is 0 Å². The standard InChI is InChI=1S/C13H21ClN4O3/c1-9(2)17-11(19)4-5-15-10-8-16-18(6-7-21-3)13(20)12(10)14/h8-9,15H,4-7H2,1-3H3,(H,17,19). The lowest BCUT2D eigenvalue weighted by molar-refractivity contribution is -0.121. The number of aromatic nitrogens is 2. The van der Waals surface area contributed by atoms with Crippen LogP contribution in [0.25, 0.3) is 0 Å². The quantitative estimate of drug-likeness (QED) is 0.743. The smallest absolute Gasteiger partial charge is 0.287 e. The molecule has 0 aliphatic rings. The van der Waals surface area contributed by atoms with Crippen LogP contribution >= 0.6 is 11.6 Å². The predicted octanol–water partition coefficient (Wildman–Crippen LogP) is 0.870. The molecule has 0 bridgehead atoms.